The molecule has 0 rings (SSSR count). The van der Waals surface area contributed by atoms with Crippen molar-refractivity contribution in [3.63, 3.8) is 0 Å². The molecule has 0 bridgehead atoms. The number of hydrogen-bond donors (Lipinski definition) is 1. The molecule has 0 fully saturated rings. The monoisotopic (exact) mass is 222 g/mol. The van der Waals surface area contributed by atoms with E-state index in [9.17, 15) is 0 Å². The van der Waals surface area contributed by atoms with E-state index >= 15 is 0 Å². The molecule has 0 aromatic carbocycles. The molecule has 0 aliphatic heterocycles. The molecule has 0 aliphatic rings. The summed E-state index contributed by atoms with van der Waals surface area (Å²) in [7, 11) is 1.44. The van der Waals surface area contributed by atoms with Crippen LogP contribution >= 0.6 is 29.5 Å². The maximum Gasteiger partial charge on any atom is 0.244 e. The SMILES string of the molecule is COP(O)(=S)SC(C)C.Cl. The van der Waals surface area contributed by atoms with Gasteiger partial charge in [-0.1, -0.05) is 25.2 Å². The maximum absolute atomic E-state index is 9.16. The van der Waals surface area contributed by atoms with Crippen LogP contribution in [0.4, 0.5) is 0 Å². The van der Waals surface area contributed by atoms with Gasteiger partial charge in [-0.2, -0.15) is 0 Å². The van der Waals surface area contributed by atoms with Crippen LogP contribution in [-0.2, 0) is 16.3 Å². The molecule has 0 saturated carbocycles. The third-order valence-corrected chi connectivity index (χ3v) is 5.46. The fraction of sp³-hybridized carbons (Fsp3) is 1.00. The van der Waals surface area contributed by atoms with E-state index in [4.69, 9.17) is 21.2 Å². The molecule has 64 valence electrons. The fourth-order valence-corrected chi connectivity index (χ4v) is 4.33. The molecule has 1 unspecified atom stereocenters. The minimum atomic E-state index is -2.48. The predicted molar refractivity (Wildman–Crippen MR) is 53.5 cm³/mol. The van der Waals surface area contributed by atoms with Gasteiger partial charge in [0.1, 0.15) is 0 Å². The average Bonchev–Trinajstić information content (AvgIpc) is 1.63. The van der Waals surface area contributed by atoms with Gasteiger partial charge in [-0.25, -0.2) is 0 Å². The van der Waals surface area contributed by atoms with Crippen LogP contribution in [0, 0.1) is 0 Å². The third-order valence-electron chi connectivity index (χ3n) is 0.575. The van der Waals surface area contributed by atoms with E-state index in [0.717, 1.165) is 0 Å². The van der Waals surface area contributed by atoms with Crippen LogP contribution in [0.2, 0.25) is 0 Å². The largest absolute Gasteiger partial charge is 0.337 e. The summed E-state index contributed by atoms with van der Waals surface area (Å²) in [5.74, 6) is 0. The molecular weight excluding hydrogens is 211 g/mol. The molecule has 0 aromatic heterocycles. The van der Waals surface area contributed by atoms with Crippen molar-refractivity contribution in [1.29, 1.82) is 0 Å². The lowest BCUT2D eigenvalue weighted by atomic mass is 10.6. The topological polar surface area (TPSA) is 29.5 Å². The van der Waals surface area contributed by atoms with Crippen LogP contribution in [-0.4, -0.2) is 17.3 Å². The zero-order valence-corrected chi connectivity index (χ0v) is 9.45. The van der Waals surface area contributed by atoms with Gasteiger partial charge in [0.05, 0.1) is 0 Å². The average molecular weight is 223 g/mol. The van der Waals surface area contributed by atoms with Crippen LogP contribution in [0.15, 0.2) is 0 Å². The van der Waals surface area contributed by atoms with E-state index < -0.39 is 5.69 Å². The van der Waals surface area contributed by atoms with Crippen LogP contribution in [0.3, 0.4) is 0 Å². The Hall–Kier alpha value is 1.21. The fourth-order valence-electron chi connectivity index (χ4n) is 0.309. The minimum Gasteiger partial charge on any atom is -0.337 e. The molecule has 0 spiro atoms. The Kier molecular flexibility index (Phi) is 8.00. The van der Waals surface area contributed by atoms with Gasteiger partial charge in [0, 0.05) is 12.4 Å². The highest BCUT2D eigenvalue weighted by atomic mass is 35.5. The zero-order valence-electron chi connectivity index (χ0n) is 6.10. The minimum absolute atomic E-state index is 0. The highest BCUT2D eigenvalue weighted by molar-refractivity contribution is 8.67. The lowest BCUT2D eigenvalue weighted by molar-refractivity contribution is 0.404. The Labute approximate surface area is 77.1 Å². The van der Waals surface area contributed by atoms with E-state index in [1.807, 2.05) is 13.8 Å². The summed E-state index contributed by atoms with van der Waals surface area (Å²) in [6.07, 6.45) is 0. The van der Waals surface area contributed by atoms with Gasteiger partial charge in [0.25, 0.3) is 0 Å². The van der Waals surface area contributed by atoms with Crippen LogP contribution in [0.1, 0.15) is 13.8 Å². The summed E-state index contributed by atoms with van der Waals surface area (Å²) < 4.78 is 4.69. The van der Waals surface area contributed by atoms with Crippen molar-refractivity contribution in [3.8, 4) is 0 Å². The molecule has 0 aromatic rings. The summed E-state index contributed by atoms with van der Waals surface area (Å²) in [5, 5.41) is 0.334. The first kappa shape index (κ1) is 13.8. The van der Waals surface area contributed by atoms with Crippen molar-refractivity contribution >= 4 is 41.3 Å². The van der Waals surface area contributed by atoms with Crippen LogP contribution in [0.5, 0.6) is 0 Å². The summed E-state index contributed by atoms with van der Waals surface area (Å²) in [4.78, 5) is 9.16. The molecule has 1 atom stereocenters. The Morgan fingerprint density at radius 1 is 1.60 bits per heavy atom. The summed E-state index contributed by atoms with van der Waals surface area (Å²) in [5.41, 5.74) is -2.48. The Balaban J connectivity index is 0. The number of hydrogen-bond acceptors (Lipinski definition) is 3. The number of rotatable bonds is 3. The molecule has 10 heavy (non-hydrogen) atoms. The quantitative estimate of drug-likeness (QED) is 0.743. The van der Waals surface area contributed by atoms with Gasteiger partial charge >= 0.3 is 0 Å². The van der Waals surface area contributed by atoms with Crippen molar-refractivity contribution < 1.29 is 9.42 Å². The summed E-state index contributed by atoms with van der Waals surface area (Å²) in [6.45, 7) is 3.95. The van der Waals surface area contributed by atoms with Gasteiger partial charge < -0.3 is 9.42 Å². The van der Waals surface area contributed by atoms with Crippen molar-refractivity contribution in [2.75, 3.05) is 7.11 Å². The van der Waals surface area contributed by atoms with Crippen molar-refractivity contribution in [3.05, 3.63) is 0 Å². The highest BCUT2D eigenvalue weighted by Gasteiger charge is 2.13. The molecule has 0 saturated heterocycles. The van der Waals surface area contributed by atoms with E-state index in [1.54, 1.807) is 0 Å². The van der Waals surface area contributed by atoms with Crippen molar-refractivity contribution in [2.45, 2.75) is 19.1 Å². The number of halogens is 1. The van der Waals surface area contributed by atoms with Gasteiger partial charge in [0.15, 0.2) is 0 Å². The van der Waals surface area contributed by atoms with E-state index in [2.05, 4.69) is 0 Å². The molecule has 1 N–H and O–H groups in total. The van der Waals surface area contributed by atoms with E-state index in [0.29, 0.717) is 5.25 Å². The second kappa shape index (κ2) is 5.81. The Morgan fingerprint density at radius 2 is 2.00 bits per heavy atom. The first-order chi connectivity index (χ1) is 3.98. The molecule has 0 radical (unpaired) electrons. The Morgan fingerprint density at radius 3 is 2.10 bits per heavy atom. The lowest BCUT2D eigenvalue weighted by Gasteiger charge is -2.13. The molecular formula is C4H12ClO2PS2. The van der Waals surface area contributed by atoms with Gasteiger partial charge in [-0.3, -0.25) is 0 Å². The van der Waals surface area contributed by atoms with E-state index in [1.165, 1.54) is 18.5 Å². The summed E-state index contributed by atoms with van der Waals surface area (Å²) >= 11 is 6.04. The van der Waals surface area contributed by atoms with Gasteiger partial charge in [0.2, 0.25) is 5.69 Å². The summed E-state index contributed by atoms with van der Waals surface area (Å²) in [6, 6.07) is 0. The van der Waals surface area contributed by atoms with Gasteiger partial charge in [-0.05, 0) is 11.8 Å². The van der Waals surface area contributed by atoms with Gasteiger partial charge in [-0.15, -0.1) is 12.4 Å². The molecule has 6 heteroatoms. The predicted octanol–water partition coefficient (Wildman–Crippen LogP) is 2.41. The maximum atomic E-state index is 9.16. The van der Waals surface area contributed by atoms with Crippen molar-refractivity contribution in [1.82, 2.24) is 0 Å². The first-order valence-corrected chi connectivity index (χ1v) is 6.70. The van der Waals surface area contributed by atoms with E-state index in [-0.39, 0.29) is 12.4 Å². The molecule has 0 aliphatic carbocycles. The van der Waals surface area contributed by atoms with Crippen molar-refractivity contribution in [2.24, 2.45) is 0 Å². The lowest BCUT2D eigenvalue weighted by Crippen LogP contribution is -1.86. The second-order valence-corrected chi connectivity index (χ2v) is 8.56. The normalized spacial score (nSPS) is 16.1. The van der Waals surface area contributed by atoms with Crippen LogP contribution in [0.25, 0.3) is 0 Å². The van der Waals surface area contributed by atoms with Crippen LogP contribution < -0.4 is 0 Å². The standard InChI is InChI=1S/C4H11O2PS2.ClH/c1-4(2)9-7(5,8)6-3;/h4H,1-3H3,(H,5,8);1H. The third kappa shape index (κ3) is 7.32. The highest BCUT2D eigenvalue weighted by Crippen LogP contribution is 2.57. The zero-order chi connectivity index (χ0) is 7.49. The Bertz CT molecular complexity index is 130. The molecule has 0 amide bonds. The second-order valence-electron chi connectivity index (χ2n) is 1.81. The molecule has 0 heterocycles. The molecule has 2 nitrogen and oxygen atoms in total. The smallest absolute Gasteiger partial charge is 0.244 e. The first-order valence-electron chi connectivity index (χ1n) is 2.55.